The van der Waals surface area contributed by atoms with Gasteiger partial charge in [-0.3, -0.25) is 0 Å². The van der Waals surface area contributed by atoms with Gasteiger partial charge in [0.2, 0.25) is 0 Å². The Morgan fingerprint density at radius 3 is 2.32 bits per heavy atom. The highest BCUT2D eigenvalue weighted by Crippen LogP contribution is 2.72. The molecule has 0 aromatic heterocycles. The predicted molar refractivity (Wildman–Crippen MR) is 67.6 cm³/mol. The first-order chi connectivity index (χ1) is 9.08. The average Bonchev–Trinajstić information content (AvgIpc) is 2.81. The lowest BCUT2D eigenvalue weighted by Crippen LogP contribution is -2.09. The maximum absolute atomic E-state index is 13.3. The molecule has 4 heteroatoms. The minimum Gasteiger partial charge on any atom is -0.388 e. The van der Waals surface area contributed by atoms with E-state index in [4.69, 9.17) is 11.6 Å². The normalized spacial score (nSPS) is 40.3. The number of halogens is 3. The summed E-state index contributed by atoms with van der Waals surface area (Å²) in [6, 6.07) is 2.01. The van der Waals surface area contributed by atoms with E-state index in [0.717, 1.165) is 24.0 Å². The quantitative estimate of drug-likeness (QED) is 0.816. The van der Waals surface area contributed by atoms with Crippen LogP contribution in [0.15, 0.2) is 12.1 Å². The van der Waals surface area contributed by atoms with Gasteiger partial charge in [0.25, 0.3) is 0 Å². The molecule has 5 unspecified atom stereocenters. The van der Waals surface area contributed by atoms with Gasteiger partial charge in [-0.15, -0.1) is 0 Å². The summed E-state index contributed by atoms with van der Waals surface area (Å²) in [6.07, 6.45) is 3.08. The lowest BCUT2D eigenvalue weighted by atomic mass is 9.95. The van der Waals surface area contributed by atoms with E-state index in [-0.39, 0.29) is 10.9 Å². The van der Waals surface area contributed by atoms with E-state index in [1.165, 1.54) is 19.3 Å². The first-order valence-electron chi connectivity index (χ1n) is 6.90. The summed E-state index contributed by atoms with van der Waals surface area (Å²) < 4.78 is 26.4. The Labute approximate surface area is 115 Å². The number of fused-ring (bicyclic) bond motifs is 5. The molecule has 2 bridgehead atoms. The largest absolute Gasteiger partial charge is 0.388 e. The summed E-state index contributed by atoms with van der Waals surface area (Å²) in [6.45, 7) is 0. The highest BCUT2D eigenvalue weighted by molar-refractivity contribution is 6.31. The summed E-state index contributed by atoms with van der Waals surface area (Å²) >= 11 is 5.95. The summed E-state index contributed by atoms with van der Waals surface area (Å²) in [4.78, 5) is 0. The zero-order chi connectivity index (χ0) is 13.3. The molecule has 1 nitrogen and oxygen atoms in total. The average molecular weight is 285 g/mol. The molecule has 3 aliphatic rings. The number of aliphatic hydroxyl groups excluding tert-OH is 1. The topological polar surface area (TPSA) is 20.2 Å². The van der Waals surface area contributed by atoms with Crippen LogP contribution in [0.4, 0.5) is 8.78 Å². The van der Waals surface area contributed by atoms with Crippen molar-refractivity contribution in [2.75, 3.05) is 0 Å². The molecular weight excluding hydrogens is 270 g/mol. The van der Waals surface area contributed by atoms with E-state index in [2.05, 4.69) is 0 Å². The van der Waals surface area contributed by atoms with Gasteiger partial charge in [0.05, 0.1) is 6.10 Å². The standard InChI is InChI=1S/C15H15ClF2O/c16-9-5-11(18)10(17)4-8(9)15(19)14-12-6-1-2-7(3-6)13(12)14/h4-7,12-15,19H,1-3H2. The van der Waals surface area contributed by atoms with Crippen LogP contribution in [-0.4, -0.2) is 5.11 Å². The molecule has 3 saturated carbocycles. The van der Waals surface area contributed by atoms with Crippen molar-refractivity contribution in [3.8, 4) is 0 Å². The molecule has 0 saturated heterocycles. The number of hydrogen-bond donors (Lipinski definition) is 1. The molecule has 4 rings (SSSR count). The Morgan fingerprint density at radius 1 is 1.11 bits per heavy atom. The van der Waals surface area contributed by atoms with Crippen molar-refractivity contribution in [3.63, 3.8) is 0 Å². The number of benzene rings is 1. The van der Waals surface area contributed by atoms with Crippen LogP contribution in [0.1, 0.15) is 30.9 Å². The second-order valence-corrected chi connectivity index (χ2v) is 6.71. The molecule has 0 aliphatic heterocycles. The second-order valence-electron chi connectivity index (χ2n) is 6.30. The Bertz CT molecular complexity index is 531. The number of hydrogen-bond acceptors (Lipinski definition) is 1. The molecule has 0 heterocycles. The molecule has 0 amide bonds. The van der Waals surface area contributed by atoms with Crippen LogP contribution in [0.3, 0.4) is 0 Å². The smallest absolute Gasteiger partial charge is 0.160 e. The van der Waals surface area contributed by atoms with E-state index in [9.17, 15) is 13.9 Å². The highest BCUT2D eigenvalue weighted by atomic mass is 35.5. The van der Waals surface area contributed by atoms with Gasteiger partial charge in [0, 0.05) is 10.6 Å². The van der Waals surface area contributed by atoms with Gasteiger partial charge in [-0.25, -0.2) is 8.78 Å². The predicted octanol–water partition coefficient (Wildman–Crippen LogP) is 3.94. The fourth-order valence-electron chi connectivity index (χ4n) is 4.79. The van der Waals surface area contributed by atoms with Crippen LogP contribution in [0.5, 0.6) is 0 Å². The number of rotatable bonds is 2. The highest BCUT2D eigenvalue weighted by Gasteiger charge is 2.66. The lowest BCUT2D eigenvalue weighted by molar-refractivity contribution is 0.129. The molecule has 0 radical (unpaired) electrons. The van der Waals surface area contributed by atoms with Gasteiger partial charge in [-0.2, -0.15) is 0 Å². The Hall–Kier alpha value is -0.670. The van der Waals surface area contributed by atoms with Gasteiger partial charge >= 0.3 is 0 Å². The van der Waals surface area contributed by atoms with Crippen LogP contribution in [0.2, 0.25) is 5.02 Å². The zero-order valence-corrected chi connectivity index (χ0v) is 11.1. The molecule has 3 aliphatic carbocycles. The van der Waals surface area contributed by atoms with E-state index in [0.29, 0.717) is 17.4 Å². The van der Waals surface area contributed by atoms with Gasteiger partial charge in [-0.05, 0) is 61.0 Å². The van der Waals surface area contributed by atoms with Crippen LogP contribution in [-0.2, 0) is 0 Å². The van der Waals surface area contributed by atoms with Gasteiger partial charge < -0.3 is 5.11 Å². The van der Waals surface area contributed by atoms with E-state index in [1.807, 2.05) is 0 Å². The summed E-state index contributed by atoms with van der Waals surface area (Å²) in [5.74, 6) is 0.936. The number of aliphatic hydroxyl groups is 1. The molecule has 3 fully saturated rings. The van der Waals surface area contributed by atoms with Crippen molar-refractivity contribution < 1.29 is 13.9 Å². The van der Waals surface area contributed by atoms with Crippen molar-refractivity contribution >= 4 is 11.6 Å². The summed E-state index contributed by atoms with van der Waals surface area (Å²) in [5.41, 5.74) is 0.347. The van der Waals surface area contributed by atoms with Crippen molar-refractivity contribution in [2.45, 2.75) is 25.4 Å². The Morgan fingerprint density at radius 2 is 1.68 bits per heavy atom. The van der Waals surface area contributed by atoms with Gasteiger partial charge in [-0.1, -0.05) is 11.6 Å². The zero-order valence-electron chi connectivity index (χ0n) is 10.3. The van der Waals surface area contributed by atoms with Gasteiger partial charge in [0.15, 0.2) is 11.6 Å². The first-order valence-corrected chi connectivity index (χ1v) is 7.28. The molecule has 5 atom stereocenters. The SMILES string of the molecule is OC(c1cc(F)c(F)cc1Cl)C1C2C3CCC(C3)C21. The van der Waals surface area contributed by atoms with Crippen LogP contribution < -0.4 is 0 Å². The maximum Gasteiger partial charge on any atom is 0.160 e. The third kappa shape index (κ3) is 1.61. The van der Waals surface area contributed by atoms with Crippen molar-refractivity contribution in [1.82, 2.24) is 0 Å². The fraction of sp³-hybridized carbons (Fsp3) is 0.600. The molecular formula is C15H15ClF2O. The molecule has 102 valence electrons. The summed E-state index contributed by atoms with van der Waals surface area (Å²) in [7, 11) is 0. The molecule has 19 heavy (non-hydrogen) atoms. The van der Waals surface area contributed by atoms with Crippen molar-refractivity contribution in [1.29, 1.82) is 0 Å². The Kier molecular flexibility index (Phi) is 2.50. The summed E-state index contributed by atoms with van der Waals surface area (Å²) in [5, 5.41) is 10.6. The molecule has 1 N–H and O–H groups in total. The van der Waals surface area contributed by atoms with Crippen molar-refractivity contribution in [2.24, 2.45) is 29.6 Å². The van der Waals surface area contributed by atoms with E-state index >= 15 is 0 Å². The third-order valence-corrected chi connectivity index (χ3v) is 5.85. The van der Waals surface area contributed by atoms with Crippen LogP contribution >= 0.6 is 11.6 Å². The lowest BCUT2D eigenvalue weighted by Gasteiger charge is -2.17. The van der Waals surface area contributed by atoms with Gasteiger partial charge in [0.1, 0.15) is 0 Å². The fourth-order valence-corrected chi connectivity index (χ4v) is 5.05. The second kappa shape index (κ2) is 3.92. The minimum absolute atomic E-state index is 0.128. The molecule has 0 spiro atoms. The Balaban J connectivity index is 1.62. The van der Waals surface area contributed by atoms with Crippen molar-refractivity contribution in [3.05, 3.63) is 34.4 Å². The molecule has 1 aromatic carbocycles. The molecule has 1 aromatic rings. The maximum atomic E-state index is 13.3. The minimum atomic E-state index is -0.961. The third-order valence-electron chi connectivity index (χ3n) is 5.52. The van der Waals surface area contributed by atoms with Crippen LogP contribution in [0.25, 0.3) is 0 Å². The van der Waals surface area contributed by atoms with E-state index in [1.54, 1.807) is 0 Å². The monoisotopic (exact) mass is 284 g/mol. The van der Waals surface area contributed by atoms with E-state index < -0.39 is 17.7 Å². The first kappa shape index (κ1) is 12.1. The van der Waals surface area contributed by atoms with Crippen LogP contribution in [0, 0.1) is 41.2 Å².